The maximum atomic E-state index is 9.96. The van der Waals surface area contributed by atoms with E-state index in [4.69, 9.17) is 26.3 Å². The first kappa shape index (κ1) is 19.9. The first-order valence-electron chi connectivity index (χ1n) is 11.2. The van der Waals surface area contributed by atoms with Crippen molar-refractivity contribution in [2.45, 2.75) is 37.9 Å². The molecule has 0 radical (unpaired) electrons. The third-order valence-electron chi connectivity index (χ3n) is 6.95. The van der Waals surface area contributed by atoms with Gasteiger partial charge in [0.1, 0.15) is 11.6 Å². The Hall–Kier alpha value is -2.77. The van der Waals surface area contributed by atoms with Crippen LogP contribution in [0.1, 0.15) is 24.1 Å². The molecule has 0 spiro atoms. The van der Waals surface area contributed by atoms with E-state index in [0.717, 1.165) is 54.0 Å². The van der Waals surface area contributed by atoms with Gasteiger partial charge in [0, 0.05) is 48.4 Å². The molecule has 7 nitrogen and oxygen atoms in total. The number of methoxy groups -OCH3 is 1. The van der Waals surface area contributed by atoms with Gasteiger partial charge in [-0.2, -0.15) is 9.97 Å². The van der Waals surface area contributed by atoms with E-state index in [9.17, 15) is 5.11 Å². The van der Waals surface area contributed by atoms with Crippen LogP contribution in [0.3, 0.4) is 0 Å². The summed E-state index contributed by atoms with van der Waals surface area (Å²) in [4.78, 5) is 14.3. The van der Waals surface area contributed by atoms with Gasteiger partial charge in [0.25, 0.3) is 0 Å². The van der Waals surface area contributed by atoms with E-state index >= 15 is 0 Å². The molecule has 2 bridgehead atoms. The zero-order valence-electron chi connectivity index (χ0n) is 18.0. The number of rotatable bonds is 3. The number of piperazine rings is 1. The second-order valence-corrected chi connectivity index (χ2v) is 9.38. The van der Waals surface area contributed by atoms with Crippen molar-refractivity contribution in [3.63, 3.8) is 0 Å². The van der Waals surface area contributed by atoms with Crippen molar-refractivity contribution in [3.05, 3.63) is 46.6 Å². The second kappa shape index (κ2) is 7.67. The predicted molar refractivity (Wildman–Crippen MR) is 126 cm³/mol. The summed E-state index contributed by atoms with van der Waals surface area (Å²) >= 11 is 6.55. The molecule has 32 heavy (non-hydrogen) atoms. The number of halogens is 1. The van der Waals surface area contributed by atoms with Crippen molar-refractivity contribution < 1.29 is 9.84 Å². The van der Waals surface area contributed by atoms with Crippen molar-refractivity contribution in [1.82, 2.24) is 15.3 Å². The average Bonchev–Trinajstić information content (AvgIpc) is 3.14. The molecule has 0 saturated carbocycles. The number of hydrogen-bond acceptors (Lipinski definition) is 7. The molecule has 3 aromatic rings. The highest BCUT2D eigenvalue weighted by Crippen LogP contribution is 2.39. The third kappa shape index (κ3) is 3.31. The van der Waals surface area contributed by atoms with Crippen LogP contribution in [0.5, 0.6) is 11.8 Å². The minimum Gasteiger partial charge on any atom is -0.508 e. The van der Waals surface area contributed by atoms with E-state index in [1.165, 1.54) is 18.4 Å². The molecule has 4 heterocycles. The number of nitrogens with zero attached hydrogens (tertiary/aromatic N) is 4. The zero-order valence-corrected chi connectivity index (χ0v) is 18.8. The van der Waals surface area contributed by atoms with Crippen molar-refractivity contribution in [2.24, 2.45) is 0 Å². The van der Waals surface area contributed by atoms with Crippen LogP contribution in [0.15, 0.2) is 30.3 Å². The molecular weight excluding hydrogens is 426 g/mol. The Labute approximate surface area is 192 Å². The number of phenols is 1. The lowest BCUT2D eigenvalue weighted by Crippen LogP contribution is -2.52. The van der Waals surface area contributed by atoms with Crippen molar-refractivity contribution in [1.29, 1.82) is 0 Å². The summed E-state index contributed by atoms with van der Waals surface area (Å²) in [5.41, 5.74) is 3.29. The maximum absolute atomic E-state index is 9.96. The van der Waals surface area contributed by atoms with Gasteiger partial charge in [-0.1, -0.05) is 23.7 Å². The van der Waals surface area contributed by atoms with Crippen molar-refractivity contribution in [3.8, 4) is 11.8 Å². The number of fused-ring (bicyclic) bond motifs is 4. The molecule has 2 atom stereocenters. The summed E-state index contributed by atoms with van der Waals surface area (Å²) < 4.78 is 5.49. The molecule has 3 aliphatic heterocycles. The van der Waals surface area contributed by atoms with Crippen LogP contribution >= 0.6 is 11.6 Å². The van der Waals surface area contributed by atoms with E-state index in [1.54, 1.807) is 19.2 Å². The van der Waals surface area contributed by atoms with E-state index in [2.05, 4.69) is 21.2 Å². The van der Waals surface area contributed by atoms with Gasteiger partial charge in [-0.25, -0.2) is 0 Å². The van der Waals surface area contributed by atoms with E-state index < -0.39 is 0 Å². The van der Waals surface area contributed by atoms with Gasteiger partial charge in [-0.3, -0.25) is 0 Å². The van der Waals surface area contributed by atoms with Crippen molar-refractivity contribution in [2.75, 3.05) is 36.5 Å². The molecule has 0 amide bonds. The molecule has 6 rings (SSSR count). The molecule has 2 saturated heterocycles. The fourth-order valence-corrected chi connectivity index (χ4v) is 5.84. The number of nitrogens with one attached hydrogen (secondary N) is 1. The topological polar surface area (TPSA) is 73.8 Å². The second-order valence-electron chi connectivity index (χ2n) is 8.98. The van der Waals surface area contributed by atoms with Crippen LogP contribution in [0.2, 0.25) is 5.02 Å². The number of aromatic nitrogens is 2. The molecular formula is C24H26ClN5O2. The highest BCUT2D eigenvalue weighted by atomic mass is 35.5. The lowest BCUT2D eigenvalue weighted by atomic mass is 10.0. The molecule has 2 unspecified atom stereocenters. The SMILES string of the molecule is COc1nc2c(c(N3CC4CCC(C3)N4)n1)CCN(c1cccc3cc(O)cc(Cl)c13)C2. The Morgan fingerprint density at radius 3 is 2.72 bits per heavy atom. The minimum atomic E-state index is 0.177. The van der Waals surface area contributed by atoms with E-state index in [-0.39, 0.29) is 5.75 Å². The first-order chi connectivity index (χ1) is 15.6. The highest BCUT2D eigenvalue weighted by molar-refractivity contribution is 6.36. The Balaban J connectivity index is 1.38. The normalized spacial score (nSPS) is 22.3. The largest absolute Gasteiger partial charge is 0.508 e. The molecule has 8 heteroatoms. The minimum absolute atomic E-state index is 0.177. The Bertz CT molecular complexity index is 1190. The summed E-state index contributed by atoms with van der Waals surface area (Å²) in [7, 11) is 1.63. The van der Waals surface area contributed by atoms with Crippen LogP contribution in [0.4, 0.5) is 11.5 Å². The fourth-order valence-electron chi connectivity index (χ4n) is 5.52. The standard InChI is InChI=1S/C24H26ClN5O2/c1-32-24-27-20-13-29(21-4-2-3-14-9-17(31)10-19(25)22(14)21)8-7-18(20)23(28-24)30-11-15-5-6-16(12-30)26-15/h2-4,9-10,15-16,26,31H,5-8,11-13H2,1H3. The van der Waals surface area contributed by atoms with Gasteiger partial charge < -0.3 is 25.0 Å². The summed E-state index contributed by atoms with van der Waals surface area (Å²) in [5, 5.41) is 16.1. The van der Waals surface area contributed by atoms with Crippen LogP contribution < -0.4 is 19.9 Å². The molecule has 1 aromatic heterocycles. The molecule has 3 aliphatic rings. The lowest BCUT2D eigenvalue weighted by molar-refractivity contribution is 0.374. The van der Waals surface area contributed by atoms with Crippen LogP contribution in [0, 0.1) is 0 Å². The van der Waals surface area contributed by atoms with E-state index in [0.29, 0.717) is 29.7 Å². The van der Waals surface area contributed by atoms with Crippen LogP contribution in [0.25, 0.3) is 10.8 Å². The maximum Gasteiger partial charge on any atom is 0.318 e. The smallest absolute Gasteiger partial charge is 0.318 e. The number of ether oxygens (including phenoxy) is 1. The summed E-state index contributed by atoms with van der Waals surface area (Å²) in [5.74, 6) is 1.21. The summed E-state index contributed by atoms with van der Waals surface area (Å²) in [6.07, 6.45) is 3.33. The summed E-state index contributed by atoms with van der Waals surface area (Å²) in [6, 6.07) is 10.9. The van der Waals surface area contributed by atoms with Gasteiger partial charge >= 0.3 is 6.01 Å². The lowest BCUT2D eigenvalue weighted by Gasteiger charge is -2.37. The van der Waals surface area contributed by atoms with Gasteiger partial charge in [-0.05, 0) is 42.8 Å². The summed E-state index contributed by atoms with van der Waals surface area (Å²) in [6.45, 7) is 3.48. The number of aromatic hydroxyl groups is 1. The molecule has 2 fully saturated rings. The Kier molecular flexibility index (Phi) is 4.77. The Morgan fingerprint density at radius 1 is 1.12 bits per heavy atom. The van der Waals surface area contributed by atoms with Gasteiger partial charge in [0.05, 0.1) is 24.4 Å². The van der Waals surface area contributed by atoms with Gasteiger partial charge in [0.2, 0.25) is 0 Å². The third-order valence-corrected chi connectivity index (χ3v) is 7.25. The quantitative estimate of drug-likeness (QED) is 0.631. The van der Waals surface area contributed by atoms with Crippen molar-refractivity contribution >= 4 is 33.9 Å². The fraction of sp³-hybridized carbons (Fsp3) is 0.417. The average molecular weight is 452 g/mol. The van der Waals surface area contributed by atoms with Gasteiger partial charge in [-0.15, -0.1) is 0 Å². The monoisotopic (exact) mass is 451 g/mol. The highest BCUT2D eigenvalue weighted by Gasteiger charge is 2.35. The van der Waals surface area contributed by atoms with Crippen LogP contribution in [-0.2, 0) is 13.0 Å². The number of anilines is 2. The molecule has 2 aromatic carbocycles. The number of benzene rings is 2. The first-order valence-corrected chi connectivity index (χ1v) is 11.6. The Morgan fingerprint density at radius 2 is 1.94 bits per heavy atom. The molecule has 0 aliphatic carbocycles. The molecule has 2 N–H and O–H groups in total. The van der Waals surface area contributed by atoms with E-state index in [1.807, 2.05) is 12.1 Å². The van der Waals surface area contributed by atoms with Crippen LogP contribution in [-0.4, -0.2) is 53.9 Å². The zero-order chi connectivity index (χ0) is 21.8. The molecule has 166 valence electrons. The predicted octanol–water partition coefficient (Wildman–Crippen LogP) is 3.50. The number of phenolic OH excluding ortho intramolecular Hbond substituents is 1. The van der Waals surface area contributed by atoms with Gasteiger partial charge in [0.15, 0.2) is 0 Å². The number of hydrogen-bond donors (Lipinski definition) is 2.